The molecule has 0 bridgehead atoms. The molecule has 1 aliphatic heterocycles. The van der Waals surface area contributed by atoms with Gasteiger partial charge in [0.1, 0.15) is 0 Å². The Bertz CT molecular complexity index is 625. The van der Waals surface area contributed by atoms with E-state index in [1.54, 1.807) is 6.07 Å². The van der Waals surface area contributed by atoms with Crippen molar-refractivity contribution in [1.82, 2.24) is 4.31 Å². The average Bonchev–Trinajstić information content (AvgIpc) is 2.77. The summed E-state index contributed by atoms with van der Waals surface area (Å²) in [6.45, 7) is 4.53. The van der Waals surface area contributed by atoms with Crippen LogP contribution in [0.2, 0.25) is 0 Å². The van der Waals surface area contributed by atoms with Crippen molar-refractivity contribution in [2.75, 3.05) is 13.1 Å². The van der Waals surface area contributed by atoms with Gasteiger partial charge in [-0.25, -0.2) is 8.42 Å². The highest BCUT2D eigenvalue weighted by atomic mass is 79.9. The number of thiophene rings is 1. The van der Waals surface area contributed by atoms with Crippen molar-refractivity contribution >= 4 is 43.0 Å². The van der Waals surface area contributed by atoms with Crippen LogP contribution in [0.3, 0.4) is 0 Å². The molecule has 1 aromatic heterocycles. The van der Waals surface area contributed by atoms with Crippen LogP contribution < -0.4 is 0 Å². The summed E-state index contributed by atoms with van der Waals surface area (Å²) in [5.41, 5.74) is 0.696. The van der Waals surface area contributed by atoms with Gasteiger partial charge in [0.2, 0.25) is 10.0 Å². The lowest BCUT2D eigenvalue weighted by Gasteiger charge is -2.31. The maximum absolute atomic E-state index is 12.7. The summed E-state index contributed by atoms with van der Waals surface area (Å²) >= 11 is 4.75. The number of sulfonamides is 1. The zero-order valence-electron chi connectivity index (χ0n) is 11.3. The molecule has 0 amide bonds. The predicted molar refractivity (Wildman–Crippen MR) is 83.1 cm³/mol. The van der Waals surface area contributed by atoms with Crippen LogP contribution in [0.25, 0.3) is 0 Å². The Morgan fingerprint density at radius 3 is 2.80 bits per heavy atom. The molecule has 8 heteroatoms. The first kappa shape index (κ1) is 15.9. The van der Waals surface area contributed by atoms with E-state index >= 15 is 0 Å². The lowest BCUT2D eigenvalue weighted by Crippen LogP contribution is -2.44. The highest BCUT2D eigenvalue weighted by Crippen LogP contribution is 2.33. The zero-order chi connectivity index (χ0) is 14.9. The zero-order valence-corrected chi connectivity index (χ0v) is 14.6. The molecule has 1 fully saturated rings. The number of piperidine rings is 1. The molecular weight excluding hydrogens is 364 g/mol. The van der Waals surface area contributed by atoms with Gasteiger partial charge in [-0.3, -0.25) is 0 Å². The molecule has 112 valence electrons. The van der Waals surface area contributed by atoms with E-state index in [1.165, 1.54) is 15.6 Å². The molecule has 2 heterocycles. The van der Waals surface area contributed by atoms with Gasteiger partial charge in [0.25, 0.3) is 0 Å². The van der Waals surface area contributed by atoms with Crippen LogP contribution in [-0.2, 0) is 10.0 Å². The second-order valence-electron chi connectivity index (χ2n) is 4.78. The fraction of sp³-hybridized carbons (Fsp3) is 0.583. The predicted octanol–water partition coefficient (Wildman–Crippen LogP) is 3.07. The van der Waals surface area contributed by atoms with E-state index in [0.717, 1.165) is 15.1 Å². The molecule has 1 aliphatic rings. The molecule has 1 N–H and O–H groups in total. The van der Waals surface area contributed by atoms with E-state index in [4.69, 9.17) is 5.21 Å². The first-order valence-electron chi connectivity index (χ1n) is 6.37. The third-order valence-electron chi connectivity index (χ3n) is 3.59. The van der Waals surface area contributed by atoms with Gasteiger partial charge in [-0.1, -0.05) is 12.1 Å². The topological polar surface area (TPSA) is 70.0 Å². The van der Waals surface area contributed by atoms with Crippen molar-refractivity contribution in [3.8, 4) is 0 Å². The van der Waals surface area contributed by atoms with Gasteiger partial charge >= 0.3 is 0 Å². The fourth-order valence-corrected chi connectivity index (χ4v) is 6.30. The minimum Gasteiger partial charge on any atom is -0.411 e. The van der Waals surface area contributed by atoms with E-state index in [2.05, 4.69) is 21.1 Å². The number of halogens is 1. The van der Waals surface area contributed by atoms with Crippen LogP contribution >= 0.6 is 27.3 Å². The second kappa shape index (κ2) is 6.13. The highest BCUT2D eigenvalue weighted by Gasteiger charge is 2.34. The largest absolute Gasteiger partial charge is 0.411 e. The summed E-state index contributed by atoms with van der Waals surface area (Å²) < 4.78 is 27.7. The van der Waals surface area contributed by atoms with Crippen LogP contribution in [0, 0.1) is 12.8 Å². The number of rotatable bonds is 3. The summed E-state index contributed by atoms with van der Waals surface area (Å²) in [6, 6.07) is 1.66. The molecule has 1 unspecified atom stereocenters. The van der Waals surface area contributed by atoms with Gasteiger partial charge in [-0.05, 0) is 35.3 Å². The van der Waals surface area contributed by atoms with E-state index in [9.17, 15) is 8.42 Å². The maximum atomic E-state index is 12.7. The summed E-state index contributed by atoms with van der Waals surface area (Å²) in [4.78, 5) is 1.15. The summed E-state index contributed by atoms with van der Waals surface area (Å²) in [7, 11) is -3.47. The third-order valence-corrected chi connectivity index (χ3v) is 7.27. The first-order valence-corrected chi connectivity index (χ1v) is 9.42. The number of nitrogens with zero attached hydrogens (tertiary/aromatic N) is 2. The molecule has 2 rings (SSSR count). The summed E-state index contributed by atoms with van der Waals surface area (Å²) in [5.74, 6) is -0.00842. The molecule has 20 heavy (non-hydrogen) atoms. The molecule has 1 atom stereocenters. The third kappa shape index (κ3) is 2.93. The number of hydrogen-bond acceptors (Lipinski definition) is 5. The Hall–Kier alpha value is -0.440. The van der Waals surface area contributed by atoms with Gasteiger partial charge in [0.05, 0.1) is 14.4 Å². The van der Waals surface area contributed by atoms with E-state index in [0.29, 0.717) is 30.1 Å². The fourth-order valence-electron chi connectivity index (χ4n) is 2.43. The van der Waals surface area contributed by atoms with Gasteiger partial charge in [-0.2, -0.15) is 4.31 Å². The highest BCUT2D eigenvalue weighted by molar-refractivity contribution is 9.11. The second-order valence-corrected chi connectivity index (χ2v) is 9.32. The van der Waals surface area contributed by atoms with E-state index in [1.807, 2.05) is 13.8 Å². The first-order chi connectivity index (χ1) is 9.40. The molecular formula is C12H17BrN2O3S2. The van der Waals surface area contributed by atoms with Crippen LogP contribution in [0.5, 0.6) is 0 Å². The average molecular weight is 381 g/mol. The number of oxime groups is 1. The Kier molecular flexibility index (Phi) is 4.88. The SMILES string of the molecule is CCC1CN(S(=O)(=O)c2cc(Br)sc2C)CC/C1=N\O. The molecule has 0 aliphatic carbocycles. The Balaban J connectivity index is 2.30. The Morgan fingerprint density at radius 1 is 1.60 bits per heavy atom. The molecule has 0 aromatic carbocycles. The van der Waals surface area contributed by atoms with Gasteiger partial charge in [0.15, 0.2) is 0 Å². The monoisotopic (exact) mass is 380 g/mol. The van der Waals surface area contributed by atoms with Crippen molar-refractivity contribution < 1.29 is 13.6 Å². The summed E-state index contributed by atoms with van der Waals surface area (Å²) in [5, 5.41) is 12.3. The smallest absolute Gasteiger partial charge is 0.244 e. The molecule has 1 aromatic rings. The molecule has 5 nitrogen and oxygen atoms in total. The van der Waals surface area contributed by atoms with Gasteiger partial charge in [0, 0.05) is 30.3 Å². The van der Waals surface area contributed by atoms with Crippen LogP contribution in [0.1, 0.15) is 24.6 Å². The minimum atomic E-state index is -3.47. The molecule has 0 saturated carbocycles. The lowest BCUT2D eigenvalue weighted by atomic mass is 9.95. The quantitative estimate of drug-likeness (QED) is 0.646. The van der Waals surface area contributed by atoms with Crippen molar-refractivity contribution in [1.29, 1.82) is 0 Å². The Labute approximate surface area is 131 Å². The van der Waals surface area contributed by atoms with Crippen LogP contribution in [-0.4, -0.2) is 36.7 Å². The summed E-state index contributed by atoms with van der Waals surface area (Å²) in [6.07, 6.45) is 1.25. The van der Waals surface area contributed by atoms with Crippen molar-refractivity contribution in [2.24, 2.45) is 11.1 Å². The Morgan fingerprint density at radius 2 is 2.30 bits per heavy atom. The van der Waals surface area contributed by atoms with Crippen LogP contribution in [0.15, 0.2) is 19.9 Å². The van der Waals surface area contributed by atoms with Gasteiger partial charge in [-0.15, -0.1) is 11.3 Å². The van der Waals surface area contributed by atoms with Crippen molar-refractivity contribution in [3.63, 3.8) is 0 Å². The minimum absolute atomic E-state index is 0.00842. The van der Waals surface area contributed by atoms with E-state index < -0.39 is 10.0 Å². The van der Waals surface area contributed by atoms with Gasteiger partial charge < -0.3 is 5.21 Å². The molecule has 0 radical (unpaired) electrons. The van der Waals surface area contributed by atoms with Crippen molar-refractivity contribution in [2.45, 2.75) is 31.6 Å². The van der Waals surface area contributed by atoms with Crippen LogP contribution in [0.4, 0.5) is 0 Å². The number of aryl methyl sites for hydroxylation is 1. The maximum Gasteiger partial charge on any atom is 0.244 e. The normalized spacial score (nSPS) is 23.4. The standard InChI is InChI=1S/C12H17BrN2O3S2/c1-3-9-7-15(5-4-10(9)14-16)20(17,18)11-6-12(13)19-8(11)2/h6,9,16H,3-5,7H2,1-2H3/b14-10+. The lowest BCUT2D eigenvalue weighted by molar-refractivity contribution is 0.295. The molecule has 0 spiro atoms. The number of hydrogen-bond donors (Lipinski definition) is 1. The van der Waals surface area contributed by atoms with E-state index in [-0.39, 0.29) is 5.92 Å². The van der Waals surface area contributed by atoms with Crippen molar-refractivity contribution in [3.05, 3.63) is 14.7 Å². The molecule has 1 saturated heterocycles.